The molecule has 1 aliphatic heterocycles. The van der Waals surface area contributed by atoms with Crippen LogP contribution in [0.2, 0.25) is 0 Å². The second-order valence-corrected chi connectivity index (χ2v) is 4.27. The molecule has 0 bridgehead atoms. The number of rotatable bonds is 6. The Hall–Kier alpha value is -1.14. The SMILES string of the molecule is CCC(CNC(=O)CN1CCNCC1)C(=O)O. The minimum Gasteiger partial charge on any atom is -0.481 e. The molecule has 0 saturated carbocycles. The molecule has 98 valence electrons. The van der Waals surface area contributed by atoms with Gasteiger partial charge in [0.15, 0.2) is 0 Å². The van der Waals surface area contributed by atoms with Gasteiger partial charge in [-0.3, -0.25) is 14.5 Å². The molecule has 1 unspecified atom stereocenters. The molecule has 1 amide bonds. The summed E-state index contributed by atoms with van der Waals surface area (Å²) in [5.74, 6) is -1.43. The van der Waals surface area contributed by atoms with Crippen LogP contribution in [0.15, 0.2) is 0 Å². The van der Waals surface area contributed by atoms with Crippen molar-refractivity contribution in [2.24, 2.45) is 5.92 Å². The van der Waals surface area contributed by atoms with Gasteiger partial charge in [0.1, 0.15) is 0 Å². The number of piperazine rings is 1. The molecule has 0 aromatic heterocycles. The molecule has 0 spiro atoms. The van der Waals surface area contributed by atoms with Crippen LogP contribution in [-0.2, 0) is 9.59 Å². The molecule has 1 aliphatic rings. The van der Waals surface area contributed by atoms with E-state index in [2.05, 4.69) is 15.5 Å². The van der Waals surface area contributed by atoms with Gasteiger partial charge in [-0.2, -0.15) is 0 Å². The fourth-order valence-corrected chi connectivity index (χ4v) is 1.77. The number of carbonyl (C=O) groups is 2. The Kier molecular flexibility index (Phi) is 5.93. The van der Waals surface area contributed by atoms with Crippen molar-refractivity contribution in [3.63, 3.8) is 0 Å². The Morgan fingerprint density at radius 3 is 2.59 bits per heavy atom. The summed E-state index contributed by atoms with van der Waals surface area (Å²) in [6, 6.07) is 0. The second kappa shape index (κ2) is 7.24. The van der Waals surface area contributed by atoms with Crippen LogP contribution in [0.1, 0.15) is 13.3 Å². The number of carboxylic acid groups (broad SMARTS) is 1. The van der Waals surface area contributed by atoms with Gasteiger partial charge in [-0.15, -0.1) is 0 Å². The van der Waals surface area contributed by atoms with Crippen LogP contribution in [0.4, 0.5) is 0 Å². The van der Waals surface area contributed by atoms with Crippen molar-refractivity contribution in [2.75, 3.05) is 39.3 Å². The van der Waals surface area contributed by atoms with Gasteiger partial charge in [-0.1, -0.05) is 6.92 Å². The van der Waals surface area contributed by atoms with Crippen molar-refractivity contribution >= 4 is 11.9 Å². The zero-order chi connectivity index (χ0) is 12.7. The first-order valence-corrected chi connectivity index (χ1v) is 6.06. The molecule has 1 fully saturated rings. The summed E-state index contributed by atoms with van der Waals surface area (Å²) in [4.78, 5) is 24.4. The van der Waals surface area contributed by atoms with Crippen LogP contribution in [0.25, 0.3) is 0 Å². The van der Waals surface area contributed by atoms with E-state index in [1.807, 2.05) is 0 Å². The maximum Gasteiger partial charge on any atom is 0.308 e. The van der Waals surface area contributed by atoms with Crippen molar-refractivity contribution in [2.45, 2.75) is 13.3 Å². The van der Waals surface area contributed by atoms with E-state index in [1.165, 1.54) is 0 Å². The van der Waals surface area contributed by atoms with Crippen molar-refractivity contribution in [1.82, 2.24) is 15.5 Å². The van der Waals surface area contributed by atoms with Gasteiger partial charge in [0.25, 0.3) is 0 Å². The zero-order valence-electron chi connectivity index (χ0n) is 10.2. The Balaban J connectivity index is 2.21. The average Bonchev–Trinajstić information content (AvgIpc) is 2.30. The number of carbonyl (C=O) groups excluding carboxylic acids is 1. The Bertz CT molecular complexity index is 265. The summed E-state index contributed by atoms with van der Waals surface area (Å²) < 4.78 is 0. The van der Waals surface area contributed by atoms with Crippen LogP contribution in [-0.4, -0.2) is 61.2 Å². The predicted octanol–water partition coefficient (Wildman–Crippen LogP) is -0.881. The molecule has 17 heavy (non-hydrogen) atoms. The molecule has 6 heteroatoms. The van der Waals surface area contributed by atoms with Gasteiger partial charge in [0, 0.05) is 32.7 Å². The maximum atomic E-state index is 11.6. The lowest BCUT2D eigenvalue weighted by Gasteiger charge is -2.26. The molecule has 1 saturated heterocycles. The lowest BCUT2D eigenvalue weighted by Crippen LogP contribution is -2.48. The van der Waals surface area contributed by atoms with E-state index in [0.29, 0.717) is 13.0 Å². The van der Waals surface area contributed by atoms with Crippen LogP contribution in [0.5, 0.6) is 0 Å². The fraction of sp³-hybridized carbons (Fsp3) is 0.818. The predicted molar refractivity (Wildman–Crippen MR) is 63.7 cm³/mol. The first kappa shape index (κ1) is 13.9. The first-order valence-electron chi connectivity index (χ1n) is 6.06. The number of aliphatic carboxylic acids is 1. The lowest BCUT2D eigenvalue weighted by atomic mass is 10.1. The van der Waals surface area contributed by atoms with Crippen molar-refractivity contribution in [1.29, 1.82) is 0 Å². The molecule has 1 atom stereocenters. The molecule has 0 radical (unpaired) electrons. The highest BCUT2D eigenvalue weighted by Crippen LogP contribution is 2.00. The highest BCUT2D eigenvalue weighted by Gasteiger charge is 2.17. The standard InChI is InChI=1S/C11H21N3O3/c1-2-9(11(16)17)7-13-10(15)8-14-5-3-12-4-6-14/h9,12H,2-8H2,1H3,(H,13,15)(H,16,17). The number of nitrogens with zero attached hydrogens (tertiary/aromatic N) is 1. The van der Waals surface area contributed by atoms with E-state index in [0.717, 1.165) is 26.2 Å². The largest absolute Gasteiger partial charge is 0.481 e. The van der Waals surface area contributed by atoms with E-state index in [4.69, 9.17) is 5.11 Å². The van der Waals surface area contributed by atoms with E-state index >= 15 is 0 Å². The van der Waals surface area contributed by atoms with Gasteiger partial charge in [-0.05, 0) is 6.42 Å². The van der Waals surface area contributed by atoms with Crippen molar-refractivity contribution in [3.05, 3.63) is 0 Å². The lowest BCUT2D eigenvalue weighted by molar-refractivity contribution is -0.141. The van der Waals surface area contributed by atoms with Crippen LogP contribution < -0.4 is 10.6 Å². The minimum absolute atomic E-state index is 0.0911. The smallest absolute Gasteiger partial charge is 0.308 e. The normalized spacial score (nSPS) is 18.6. The molecular formula is C11H21N3O3. The number of nitrogens with one attached hydrogen (secondary N) is 2. The van der Waals surface area contributed by atoms with Crippen LogP contribution in [0, 0.1) is 5.92 Å². The number of hydrogen-bond acceptors (Lipinski definition) is 4. The number of hydrogen-bond donors (Lipinski definition) is 3. The topological polar surface area (TPSA) is 81.7 Å². The monoisotopic (exact) mass is 243 g/mol. The van der Waals surface area contributed by atoms with E-state index in [9.17, 15) is 9.59 Å². The summed E-state index contributed by atoms with van der Waals surface area (Å²) in [5.41, 5.74) is 0. The quantitative estimate of drug-likeness (QED) is 0.564. The van der Waals surface area contributed by atoms with Gasteiger partial charge < -0.3 is 15.7 Å². The molecule has 1 heterocycles. The third kappa shape index (κ3) is 5.14. The third-order valence-electron chi connectivity index (χ3n) is 2.96. The van der Waals surface area contributed by atoms with Gasteiger partial charge >= 0.3 is 5.97 Å². The number of amides is 1. The highest BCUT2D eigenvalue weighted by molar-refractivity contribution is 5.79. The molecular weight excluding hydrogens is 222 g/mol. The average molecular weight is 243 g/mol. The summed E-state index contributed by atoms with van der Waals surface area (Å²) in [6.45, 7) is 5.92. The molecule has 6 nitrogen and oxygen atoms in total. The third-order valence-corrected chi connectivity index (χ3v) is 2.96. The molecule has 0 aromatic rings. The Labute approximate surface area is 101 Å². The number of carboxylic acids is 1. The summed E-state index contributed by atoms with van der Waals surface area (Å²) in [6.07, 6.45) is 0.531. The molecule has 0 aliphatic carbocycles. The van der Waals surface area contributed by atoms with E-state index in [1.54, 1.807) is 6.92 Å². The van der Waals surface area contributed by atoms with Crippen molar-refractivity contribution < 1.29 is 14.7 Å². The minimum atomic E-state index is -0.852. The highest BCUT2D eigenvalue weighted by atomic mass is 16.4. The Morgan fingerprint density at radius 2 is 2.06 bits per heavy atom. The second-order valence-electron chi connectivity index (χ2n) is 4.27. The molecule has 0 aromatic carbocycles. The summed E-state index contributed by atoms with van der Waals surface area (Å²) in [7, 11) is 0. The van der Waals surface area contributed by atoms with Gasteiger partial charge in [0.05, 0.1) is 12.5 Å². The summed E-state index contributed by atoms with van der Waals surface area (Å²) in [5, 5.41) is 14.7. The van der Waals surface area contributed by atoms with Crippen molar-refractivity contribution in [3.8, 4) is 0 Å². The van der Waals surface area contributed by atoms with E-state index in [-0.39, 0.29) is 12.5 Å². The fourth-order valence-electron chi connectivity index (χ4n) is 1.77. The van der Waals surface area contributed by atoms with Crippen LogP contribution in [0.3, 0.4) is 0 Å². The first-order chi connectivity index (χ1) is 8.13. The molecule has 1 rings (SSSR count). The van der Waals surface area contributed by atoms with Gasteiger partial charge in [0.2, 0.25) is 5.91 Å². The summed E-state index contributed by atoms with van der Waals surface area (Å²) >= 11 is 0. The van der Waals surface area contributed by atoms with Gasteiger partial charge in [-0.25, -0.2) is 0 Å². The van der Waals surface area contributed by atoms with E-state index < -0.39 is 11.9 Å². The Morgan fingerprint density at radius 1 is 1.41 bits per heavy atom. The van der Waals surface area contributed by atoms with Crippen LogP contribution >= 0.6 is 0 Å². The maximum absolute atomic E-state index is 11.6. The zero-order valence-corrected chi connectivity index (χ0v) is 10.2. The molecule has 3 N–H and O–H groups in total.